The first kappa shape index (κ1) is 12.4. The second kappa shape index (κ2) is 3.16. The van der Waals surface area contributed by atoms with Gasteiger partial charge >= 0.3 is 18.0 Å². The van der Waals surface area contributed by atoms with Crippen LogP contribution in [0.15, 0.2) is 11.3 Å². The average molecular weight is 259 g/mol. The Morgan fingerprint density at radius 3 is 2.07 bits per heavy atom. The minimum absolute atomic E-state index is 0.491. The second-order valence-corrected chi connectivity index (χ2v) is 3.11. The summed E-state index contributed by atoms with van der Waals surface area (Å²) >= 11 is 4.60. The van der Waals surface area contributed by atoms with Gasteiger partial charge in [0.15, 0.2) is 0 Å². The molecule has 0 spiro atoms. The molecule has 1 atom stereocenters. The van der Waals surface area contributed by atoms with Crippen molar-refractivity contribution in [3.05, 3.63) is 11.3 Å². The molecule has 1 aliphatic heterocycles. The van der Waals surface area contributed by atoms with E-state index in [2.05, 4.69) is 16.3 Å². The van der Waals surface area contributed by atoms with Crippen molar-refractivity contribution in [1.82, 2.24) is 0 Å². The summed E-state index contributed by atoms with van der Waals surface area (Å²) in [5.41, 5.74) is 0. The van der Waals surface area contributed by atoms with E-state index in [0.29, 0.717) is 0 Å². The zero-order chi connectivity index (χ0) is 12.1. The Kier molecular flexibility index (Phi) is 2.62. The molecule has 1 nitrogen and oxygen atoms in total. The van der Waals surface area contributed by atoms with Gasteiger partial charge < -0.3 is 4.74 Å². The summed E-state index contributed by atoms with van der Waals surface area (Å²) in [5.74, 6) is -10.9. The summed E-state index contributed by atoms with van der Waals surface area (Å²) in [6.07, 6.45) is -10.0. The normalized spacial score (nSPS) is 32.5. The fourth-order valence-electron chi connectivity index (χ4n) is 0.793. The lowest BCUT2D eigenvalue weighted by atomic mass is 10.1. The highest BCUT2D eigenvalue weighted by atomic mass is 35.5. The van der Waals surface area contributed by atoms with Crippen LogP contribution in [0, 0.1) is 0 Å². The molecule has 1 rings (SSSR count). The van der Waals surface area contributed by atoms with E-state index < -0.39 is 35.4 Å². The minimum Gasteiger partial charge on any atom is -0.437 e. The van der Waals surface area contributed by atoms with Crippen molar-refractivity contribution in [3.63, 3.8) is 0 Å². The molecule has 0 aromatic carbocycles. The van der Waals surface area contributed by atoms with Gasteiger partial charge in [0.1, 0.15) is 11.3 Å². The largest absolute Gasteiger partial charge is 0.437 e. The maximum Gasteiger partial charge on any atom is 0.435 e. The van der Waals surface area contributed by atoms with E-state index >= 15 is 0 Å². The Morgan fingerprint density at radius 2 is 1.60 bits per heavy atom. The molecule has 0 radical (unpaired) electrons. The maximum atomic E-state index is 12.6. The zero-order valence-corrected chi connectivity index (χ0v) is 7.34. The van der Waals surface area contributed by atoms with E-state index in [0.717, 1.165) is 0 Å². The van der Waals surface area contributed by atoms with Crippen LogP contribution in [0.5, 0.6) is 0 Å². The van der Waals surface area contributed by atoms with Crippen LogP contribution in [0.25, 0.3) is 0 Å². The predicted octanol–water partition coefficient (Wildman–Crippen LogP) is 3.30. The van der Waals surface area contributed by atoms with Gasteiger partial charge in [-0.2, -0.15) is 26.3 Å². The highest BCUT2D eigenvalue weighted by Gasteiger charge is 2.73. The van der Waals surface area contributed by atoms with Crippen LogP contribution in [0.4, 0.5) is 30.7 Å². The molecule has 9 heteroatoms. The lowest BCUT2D eigenvalue weighted by Gasteiger charge is -2.28. The van der Waals surface area contributed by atoms with Crippen molar-refractivity contribution < 1.29 is 35.5 Å². The van der Waals surface area contributed by atoms with Crippen molar-refractivity contribution in [3.8, 4) is 0 Å². The van der Waals surface area contributed by atoms with Gasteiger partial charge in [-0.25, -0.2) is 4.39 Å². The summed E-state index contributed by atoms with van der Waals surface area (Å²) in [4.78, 5) is 0. The molecule has 0 amide bonds. The van der Waals surface area contributed by atoms with Crippen molar-refractivity contribution in [1.29, 1.82) is 0 Å². The number of rotatable bonds is 0. The Hall–Kier alpha value is -0.660. The van der Waals surface area contributed by atoms with Gasteiger partial charge in [-0.05, 0) is 0 Å². The first-order valence-corrected chi connectivity index (χ1v) is 3.72. The lowest BCUT2D eigenvalue weighted by molar-refractivity contribution is -0.313. The standard InChI is InChI=1S/C6H2ClF7O/c7-2-1-15-6(13,14)3(8)5(11,12)4(2,9)10/h1,3H. The maximum absolute atomic E-state index is 12.6. The summed E-state index contributed by atoms with van der Waals surface area (Å²) in [6.45, 7) is 0. The first-order chi connectivity index (χ1) is 6.53. The summed E-state index contributed by atoms with van der Waals surface area (Å²) in [7, 11) is 0. The molecule has 0 saturated heterocycles. The Labute approximate surface area is 83.4 Å². The first-order valence-electron chi connectivity index (χ1n) is 3.35. The number of alkyl halides is 7. The molecule has 1 aliphatic rings. The van der Waals surface area contributed by atoms with Crippen LogP contribution in [0.2, 0.25) is 0 Å². The Balaban J connectivity index is 3.28. The molecule has 0 bridgehead atoms. The van der Waals surface area contributed by atoms with E-state index in [1.807, 2.05) is 0 Å². The van der Waals surface area contributed by atoms with Crippen LogP contribution in [-0.4, -0.2) is 24.1 Å². The lowest BCUT2D eigenvalue weighted by Crippen LogP contribution is -2.53. The average Bonchev–Trinajstić information content (AvgIpc) is 2.14. The molecule has 0 fully saturated rings. The summed E-state index contributed by atoms with van der Waals surface area (Å²) in [6, 6.07) is 0. The van der Waals surface area contributed by atoms with Crippen molar-refractivity contribution in [2.45, 2.75) is 24.1 Å². The number of hydrogen-bond donors (Lipinski definition) is 0. The number of hydrogen-bond acceptors (Lipinski definition) is 1. The topological polar surface area (TPSA) is 9.23 Å². The smallest absolute Gasteiger partial charge is 0.435 e. The van der Waals surface area contributed by atoms with Crippen LogP contribution >= 0.6 is 11.6 Å². The Morgan fingerprint density at radius 1 is 1.13 bits per heavy atom. The monoisotopic (exact) mass is 258 g/mol. The van der Waals surface area contributed by atoms with E-state index in [1.54, 1.807) is 0 Å². The molecule has 0 N–H and O–H groups in total. The minimum atomic E-state index is -5.65. The van der Waals surface area contributed by atoms with Gasteiger partial charge in [-0.3, -0.25) is 0 Å². The van der Waals surface area contributed by atoms with E-state index in [4.69, 9.17) is 0 Å². The molecule has 15 heavy (non-hydrogen) atoms. The van der Waals surface area contributed by atoms with Crippen LogP contribution < -0.4 is 0 Å². The van der Waals surface area contributed by atoms with E-state index in [-0.39, 0.29) is 0 Å². The molecule has 0 aliphatic carbocycles. The van der Waals surface area contributed by atoms with Crippen LogP contribution in [-0.2, 0) is 4.74 Å². The summed E-state index contributed by atoms with van der Waals surface area (Å²) in [5, 5.41) is -1.99. The van der Waals surface area contributed by atoms with Gasteiger partial charge in [0.2, 0.25) is 0 Å². The number of ether oxygens (including phenoxy) is 1. The van der Waals surface area contributed by atoms with E-state index in [9.17, 15) is 30.7 Å². The van der Waals surface area contributed by atoms with Gasteiger partial charge in [0, 0.05) is 0 Å². The number of halogens is 8. The highest BCUT2D eigenvalue weighted by molar-refractivity contribution is 6.30. The van der Waals surface area contributed by atoms with Crippen LogP contribution in [0.1, 0.15) is 0 Å². The van der Waals surface area contributed by atoms with Gasteiger partial charge in [0.05, 0.1) is 0 Å². The van der Waals surface area contributed by atoms with Gasteiger partial charge in [0.25, 0.3) is 6.17 Å². The molecular formula is C6H2ClF7O. The van der Waals surface area contributed by atoms with Crippen molar-refractivity contribution in [2.75, 3.05) is 0 Å². The SMILES string of the molecule is FC1C(F)(F)OC=C(Cl)C(F)(F)C1(F)F. The fraction of sp³-hybridized carbons (Fsp3) is 0.667. The third-order valence-electron chi connectivity index (χ3n) is 1.65. The van der Waals surface area contributed by atoms with Crippen molar-refractivity contribution in [2.24, 2.45) is 0 Å². The van der Waals surface area contributed by atoms with Crippen molar-refractivity contribution >= 4 is 11.6 Å². The fourth-order valence-corrected chi connectivity index (χ4v) is 0.964. The zero-order valence-electron chi connectivity index (χ0n) is 6.59. The van der Waals surface area contributed by atoms with E-state index in [1.165, 1.54) is 0 Å². The third kappa shape index (κ3) is 1.64. The van der Waals surface area contributed by atoms with Crippen LogP contribution in [0.3, 0.4) is 0 Å². The summed E-state index contributed by atoms with van der Waals surface area (Å²) < 4.78 is 90.7. The van der Waals surface area contributed by atoms with Gasteiger partial charge in [-0.1, -0.05) is 11.6 Å². The number of allylic oxidation sites excluding steroid dienone is 1. The quantitative estimate of drug-likeness (QED) is 0.606. The Bertz CT molecular complexity index is 300. The molecule has 0 aromatic heterocycles. The molecule has 1 unspecified atom stereocenters. The molecule has 1 heterocycles. The third-order valence-corrected chi connectivity index (χ3v) is 1.98. The molecule has 0 aromatic rings. The second-order valence-electron chi connectivity index (χ2n) is 2.71. The van der Waals surface area contributed by atoms with Gasteiger partial charge in [-0.15, -0.1) is 0 Å². The molecule has 88 valence electrons. The molecular weight excluding hydrogens is 257 g/mol. The predicted molar refractivity (Wildman–Crippen MR) is 34.8 cm³/mol. The highest BCUT2D eigenvalue weighted by Crippen LogP contribution is 2.50. The molecule has 0 saturated carbocycles.